The molecule has 0 saturated carbocycles. The first-order valence-corrected chi connectivity index (χ1v) is 12.1. The Balaban J connectivity index is 1.81. The molecule has 0 atom stereocenters. The van der Waals surface area contributed by atoms with Gasteiger partial charge < -0.3 is 24.5 Å². The highest BCUT2D eigenvalue weighted by Gasteiger charge is 2.39. The number of allylic oxidation sites excluding steroid dienone is 1. The fourth-order valence-electron chi connectivity index (χ4n) is 3.64. The maximum Gasteiger partial charge on any atom is 0.422 e. The fraction of sp³-hybridized carbons (Fsp3) is 0.207. The number of ether oxygens (including phenoxy) is 2. The van der Waals surface area contributed by atoms with Crippen molar-refractivity contribution >= 4 is 22.9 Å². The van der Waals surface area contributed by atoms with E-state index in [1.165, 1.54) is 51.6 Å². The number of amides is 1. The summed E-state index contributed by atoms with van der Waals surface area (Å²) in [6, 6.07) is 15.5. The van der Waals surface area contributed by atoms with E-state index in [1.807, 2.05) is 0 Å². The predicted molar refractivity (Wildman–Crippen MR) is 145 cm³/mol. The molecular formula is C29H27F4N3O5. The molecule has 0 aromatic heterocycles. The predicted octanol–water partition coefficient (Wildman–Crippen LogP) is 6.01. The average molecular weight is 574 g/mol. The van der Waals surface area contributed by atoms with Gasteiger partial charge in [0.2, 0.25) is 0 Å². The molecule has 0 aliphatic heterocycles. The molecule has 3 aromatic carbocycles. The lowest BCUT2D eigenvalue weighted by Crippen LogP contribution is -2.29. The lowest BCUT2D eigenvalue weighted by atomic mass is 10.0. The van der Waals surface area contributed by atoms with Crippen LogP contribution < -0.4 is 14.8 Å². The van der Waals surface area contributed by atoms with Crippen LogP contribution in [0.5, 0.6) is 11.5 Å². The number of alkyl halides is 3. The molecule has 0 fully saturated rings. The van der Waals surface area contributed by atoms with E-state index in [-0.39, 0.29) is 18.1 Å². The van der Waals surface area contributed by atoms with Crippen molar-refractivity contribution < 1.29 is 41.5 Å². The monoisotopic (exact) mass is 573 g/mol. The zero-order valence-electron chi connectivity index (χ0n) is 22.6. The van der Waals surface area contributed by atoms with Crippen molar-refractivity contribution in [3.05, 3.63) is 101 Å². The second kappa shape index (κ2) is 14.0. The smallest absolute Gasteiger partial charge is 0.422 e. The Morgan fingerprint density at radius 3 is 2.24 bits per heavy atom. The van der Waals surface area contributed by atoms with Gasteiger partial charge in [0.25, 0.3) is 11.9 Å². The molecule has 3 aromatic rings. The van der Waals surface area contributed by atoms with E-state index in [0.29, 0.717) is 28.2 Å². The van der Waals surface area contributed by atoms with Crippen LogP contribution >= 0.6 is 0 Å². The third kappa shape index (κ3) is 8.07. The molecule has 0 radical (unpaired) electrons. The second-order valence-corrected chi connectivity index (χ2v) is 8.31. The highest BCUT2D eigenvalue weighted by atomic mass is 19.4. The fourth-order valence-corrected chi connectivity index (χ4v) is 3.64. The number of likely N-dealkylation sites (N-methyl/N-ethyl adjacent to an activating group) is 1. The largest absolute Gasteiger partial charge is 0.497 e. The number of hydrogen-bond donors (Lipinski definition) is 1. The Morgan fingerprint density at radius 2 is 1.61 bits per heavy atom. The molecule has 0 bridgehead atoms. The minimum Gasteiger partial charge on any atom is -0.497 e. The number of hydrogen-bond acceptors (Lipinski definition) is 7. The average Bonchev–Trinajstić information content (AvgIpc) is 2.95. The Morgan fingerprint density at radius 1 is 0.902 bits per heavy atom. The highest BCUT2D eigenvalue weighted by molar-refractivity contribution is 6.45. The first-order valence-electron chi connectivity index (χ1n) is 12.1. The summed E-state index contributed by atoms with van der Waals surface area (Å²) in [4.78, 5) is 22.5. The van der Waals surface area contributed by atoms with Gasteiger partial charge in [-0.3, -0.25) is 4.79 Å². The van der Waals surface area contributed by atoms with Gasteiger partial charge in [-0.2, -0.15) is 17.6 Å². The van der Waals surface area contributed by atoms with Crippen molar-refractivity contribution in [2.24, 2.45) is 10.3 Å². The lowest BCUT2D eigenvalue weighted by Gasteiger charge is -2.14. The summed E-state index contributed by atoms with van der Waals surface area (Å²) in [5.74, 6) is -0.321. The minimum absolute atomic E-state index is 0.0440. The van der Waals surface area contributed by atoms with Crippen LogP contribution in [0.15, 0.2) is 89.1 Å². The van der Waals surface area contributed by atoms with E-state index in [2.05, 4.69) is 15.6 Å². The molecule has 0 aliphatic carbocycles. The van der Waals surface area contributed by atoms with Gasteiger partial charge in [0.15, 0.2) is 5.71 Å². The molecule has 0 heterocycles. The Hall–Kier alpha value is -4.87. The summed E-state index contributed by atoms with van der Waals surface area (Å²) >= 11 is 0. The Bertz CT molecular complexity index is 1450. The number of carbonyl (C=O) groups is 1. The van der Waals surface area contributed by atoms with Crippen molar-refractivity contribution in [2.75, 3.05) is 21.3 Å². The number of halogens is 4. The SMILES string of the molecule is CNC(=O)/C(=N/OC)c1ccccc1CO/N=C(/C)c1cccc(O/C(F)=C(\c2ccc(OC)cc2)C(F)(F)F)c1. The van der Waals surface area contributed by atoms with Crippen LogP contribution in [0, 0.1) is 0 Å². The van der Waals surface area contributed by atoms with Crippen LogP contribution in [0.2, 0.25) is 0 Å². The lowest BCUT2D eigenvalue weighted by molar-refractivity contribution is -0.114. The number of rotatable bonds is 11. The van der Waals surface area contributed by atoms with E-state index in [4.69, 9.17) is 19.1 Å². The quantitative estimate of drug-likeness (QED) is 0.131. The summed E-state index contributed by atoms with van der Waals surface area (Å²) in [5, 5.41) is 10.3. The number of carbonyl (C=O) groups excluding carboxylic acids is 1. The standard InChI is InChI=1S/C29H27F4N3O5/c1-18(35-40-17-21-8-5-6-11-24(21)26(36-39-4)28(37)34-2)20-9-7-10-23(16-20)41-27(30)25(29(31,32)33)19-12-14-22(38-3)15-13-19/h5-16H,17H2,1-4H3,(H,34,37)/b27-25+,35-18-,36-26+. The molecule has 216 valence electrons. The van der Waals surface area contributed by atoms with Crippen molar-refractivity contribution in [3.8, 4) is 11.5 Å². The number of nitrogens with one attached hydrogen (secondary N) is 1. The molecule has 0 aliphatic rings. The Labute approximate surface area is 233 Å². The Kier molecular flexibility index (Phi) is 10.4. The molecule has 0 spiro atoms. The van der Waals surface area contributed by atoms with E-state index in [0.717, 1.165) is 12.1 Å². The zero-order chi connectivity index (χ0) is 30.0. The van der Waals surface area contributed by atoms with Crippen LogP contribution in [0.3, 0.4) is 0 Å². The van der Waals surface area contributed by atoms with Gasteiger partial charge in [-0.05, 0) is 36.8 Å². The normalized spacial score (nSPS) is 12.8. The first-order chi connectivity index (χ1) is 19.6. The van der Waals surface area contributed by atoms with Crippen molar-refractivity contribution in [3.63, 3.8) is 0 Å². The first kappa shape index (κ1) is 30.7. The number of methoxy groups -OCH3 is 1. The molecule has 8 nitrogen and oxygen atoms in total. The van der Waals surface area contributed by atoms with Crippen LogP contribution in [0.25, 0.3) is 5.57 Å². The summed E-state index contributed by atoms with van der Waals surface area (Å²) in [6.45, 7) is 1.55. The maximum absolute atomic E-state index is 14.9. The number of nitrogens with zero attached hydrogens (tertiary/aromatic N) is 2. The minimum atomic E-state index is -5.02. The van der Waals surface area contributed by atoms with E-state index >= 15 is 0 Å². The van der Waals surface area contributed by atoms with Gasteiger partial charge in [0, 0.05) is 23.7 Å². The van der Waals surface area contributed by atoms with Crippen LogP contribution in [0.4, 0.5) is 17.6 Å². The molecule has 12 heteroatoms. The summed E-state index contributed by atoms with van der Waals surface area (Å²) < 4.78 is 66.0. The summed E-state index contributed by atoms with van der Waals surface area (Å²) in [6.07, 6.45) is -5.02. The van der Waals surface area contributed by atoms with Crippen molar-refractivity contribution in [1.82, 2.24) is 5.32 Å². The van der Waals surface area contributed by atoms with Crippen LogP contribution in [-0.2, 0) is 21.1 Å². The van der Waals surface area contributed by atoms with Crippen LogP contribution in [0.1, 0.15) is 29.2 Å². The topological polar surface area (TPSA) is 90.7 Å². The number of oxime groups is 2. The summed E-state index contributed by atoms with van der Waals surface area (Å²) in [7, 11) is 4.14. The van der Waals surface area contributed by atoms with Gasteiger partial charge >= 0.3 is 6.18 Å². The molecule has 1 amide bonds. The van der Waals surface area contributed by atoms with Gasteiger partial charge in [0.05, 0.1) is 12.8 Å². The van der Waals surface area contributed by atoms with Crippen LogP contribution in [-0.4, -0.2) is 44.8 Å². The molecule has 41 heavy (non-hydrogen) atoms. The molecule has 0 saturated heterocycles. The summed E-state index contributed by atoms with van der Waals surface area (Å²) in [5.41, 5.74) is -0.140. The van der Waals surface area contributed by atoms with E-state index in [1.54, 1.807) is 37.3 Å². The second-order valence-electron chi connectivity index (χ2n) is 8.31. The van der Waals surface area contributed by atoms with Crippen molar-refractivity contribution in [1.29, 1.82) is 0 Å². The number of benzene rings is 3. The molecule has 1 N–H and O–H groups in total. The molecule has 0 unspecified atom stereocenters. The van der Waals surface area contributed by atoms with Gasteiger partial charge in [-0.15, -0.1) is 0 Å². The molecular weight excluding hydrogens is 546 g/mol. The highest BCUT2D eigenvalue weighted by Crippen LogP contribution is 2.38. The third-order valence-corrected chi connectivity index (χ3v) is 5.64. The van der Waals surface area contributed by atoms with Gasteiger partial charge in [-0.1, -0.05) is 58.8 Å². The van der Waals surface area contributed by atoms with Gasteiger partial charge in [-0.25, -0.2) is 0 Å². The maximum atomic E-state index is 14.9. The van der Waals surface area contributed by atoms with E-state index in [9.17, 15) is 22.4 Å². The van der Waals surface area contributed by atoms with E-state index < -0.39 is 29.2 Å². The molecule has 3 rings (SSSR count). The van der Waals surface area contributed by atoms with Gasteiger partial charge in [0.1, 0.15) is 30.8 Å². The third-order valence-electron chi connectivity index (χ3n) is 5.64. The van der Waals surface area contributed by atoms with Crippen molar-refractivity contribution in [2.45, 2.75) is 19.7 Å². The zero-order valence-corrected chi connectivity index (χ0v) is 22.6.